The molecule has 0 aliphatic rings. The summed E-state index contributed by atoms with van der Waals surface area (Å²) in [5, 5.41) is 11.7. The Labute approximate surface area is 123 Å². The summed E-state index contributed by atoms with van der Waals surface area (Å²) in [7, 11) is 1.90. The van der Waals surface area contributed by atoms with E-state index in [1.54, 1.807) is 6.20 Å². The van der Waals surface area contributed by atoms with Gasteiger partial charge < -0.3 is 10.1 Å². The Morgan fingerprint density at radius 1 is 1.19 bits per heavy atom. The van der Waals surface area contributed by atoms with E-state index in [4.69, 9.17) is 4.74 Å². The number of hydrogen-bond acceptors (Lipinski definition) is 4. The molecule has 0 saturated heterocycles. The molecule has 2 N–H and O–H groups in total. The van der Waals surface area contributed by atoms with Crippen molar-refractivity contribution in [1.29, 1.82) is 0 Å². The number of fused-ring (bicyclic) bond motifs is 1. The van der Waals surface area contributed by atoms with Crippen LogP contribution in [0.2, 0.25) is 0 Å². The van der Waals surface area contributed by atoms with Crippen LogP contribution >= 0.6 is 0 Å². The normalized spacial score (nSPS) is 11.0. The van der Waals surface area contributed by atoms with E-state index in [1.165, 1.54) is 0 Å². The van der Waals surface area contributed by atoms with Crippen LogP contribution in [0.4, 0.5) is 5.69 Å². The fourth-order valence-electron chi connectivity index (χ4n) is 2.22. The summed E-state index contributed by atoms with van der Waals surface area (Å²) in [6.07, 6.45) is 1.91. The lowest BCUT2D eigenvalue weighted by Gasteiger charge is -2.08. The lowest BCUT2D eigenvalue weighted by Crippen LogP contribution is -2.06. The summed E-state index contributed by atoms with van der Waals surface area (Å²) in [4.78, 5) is 4.33. The molecule has 0 atom stereocenters. The molecule has 2 aromatic heterocycles. The third-order valence-electron chi connectivity index (χ3n) is 3.22. The second-order valence-corrected chi connectivity index (χ2v) is 5.13. The fraction of sp³-hybridized carbons (Fsp3) is 0.250. The molecule has 0 bridgehead atoms. The van der Waals surface area contributed by atoms with Gasteiger partial charge in [0.2, 0.25) is 5.88 Å². The quantitative estimate of drug-likeness (QED) is 0.769. The first-order valence-electron chi connectivity index (χ1n) is 6.96. The highest BCUT2D eigenvalue weighted by Gasteiger charge is 2.09. The molecular formula is C16H18N4O. The van der Waals surface area contributed by atoms with Crippen molar-refractivity contribution in [3.05, 3.63) is 36.5 Å². The molecule has 0 saturated carbocycles. The molecule has 0 radical (unpaired) electrons. The van der Waals surface area contributed by atoms with Crippen LogP contribution in [0.25, 0.3) is 22.2 Å². The van der Waals surface area contributed by atoms with E-state index >= 15 is 0 Å². The first-order chi connectivity index (χ1) is 10.2. The molecule has 3 rings (SSSR count). The number of aromatic amines is 1. The molecule has 108 valence electrons. The number of ether oxygens (including phenoxy) is 1. The molecule has 21 heavy (non-hydrogen) atoms. The molecular weight excluding hydrogens is 264 g/mol. The molecule has 0 aliphatic heterocycles. The number of pyridine rings is 1. The van der Waals surface area contributed by atoms with E-state index in [0.29, 0.717) is 5.88 Å². The maximum Gasteiger partial charge on any atom is 0.213 e. The topological polar surface area (TPSA) is 62.8 Å². The molecule has 5 nitrogen and oxygen atoms in total. The highest BCUT2D eigenvalue weighted by Crippen LogP contribution is 2.28. The Bertz CT molecular complexity index is 747. The molecule has 2 heterocycles. The van der Waals surface area contributed by atoms with E-state index < -0.39 is 0 Å². The van der Waals surface area contributed by atoms with Crippen molar-refractivity contribution < 1.29 is 4.74 Å². The minimum atomic E-state index is 0.118. The van der Waals surface area contributed by atoms with Crippen LogP contribution in [0, 0.1) is 0 Å². The number of nitrogens with zero attached hydrogens (tertiary/aromatic N) is 2. The Morgan fingerprint density at radius 2 is 2.05 bits per heavy atom. The average Bonchev–Trinajstić information content (AvgIpc) is 2.90. The summed E-state index contributed by atoms with van der Waals surface area (Å²) < 4.78 is 5.56. The maximum atomic E-state index is 5.56. The van der Waals surface area contributed by atoms with Crippen molar-refractivity contribution >= 4 is 16.6 Å². The predicted octanol–water partition coefficient (Wildman–Crippen LogP) is 3.45. The number of H-pyrrole nitrogens is 1. The van der Waals surface area contributed by atoms with Gasteiger partial charge >= 0.3 is 0 Å². The molecule has 0 aliphatic carbocycles. The van der Waals surface area contributed by atoms with Gasteiger partial charge in [-0.1, -0.05) is 0 Å². The first-order valence-corrected chi connectivity index (χ1v) is 6.96. The lowest BCUT2D eigenvalue weighted by atomic mass is 10.1. The van der Waals surface area contributed by atoms with Gasteiger partial charge in [-0.05, 0) is 38.1 Å². The van der Waals surface area contributed by atoms with Crippen LogP contribution in [0.1, 0.15) is 13.8 Å². The number of aromatic nitrogens is 3. The number of anilines is 1. The molecule has 1 aromatic carbocycles. The zero-order chi connectivity index (χ0) is 14.8. The van der Waals surface area contributed by atoms with Crippen LogP contribution in [0.15, 0.2) is 36.5 Å². The van der Waals surface area contributed by atoms with Crippen LogP contribution < -0.4 is 10.1 Å². The van der Waals surface area contributed by atoms with E-state index in [-0.39, 0.29) is 6.10 Å². The van der Waals surface area contributed by atoms with Crippen molar-refractivity contribution in [3.63, 3.8) is 0 Å². The average molecular weight is 282 g/mol. The van der Waals surface area contributed by atoms with Crippen molar-refractivity contribution in [1.82, 2.24) is 15.2 Å². The summed E-state index contributed by atoms with van der Waals surface area (Å²) in [5.41, 5.74) is 3.92. The van der Waals surface area contributed by atoms with E-state index in [2.05, 4.69) is 26.6 Å². The van der Waals surface area contributed by atoms with Gasteiger partial charge in [-0.15, -0.1) is 0 Å². The van der Waals surface area contributed by atoms with Gasteiger partial charge in [0.1, 0.15) is 5.69 Å². The molecule has 0 fully saturated rings. The van der Waals surface area contributed by atoms with Gasteiger partial charge in [-0.2, -0.15) is 5.10 Å². The molecule has 0 unspecified atom stereocenters. The molecule has 0 spiro atoms. The van der Waals surface area contributed by atoms with Gasteiger partial charge in [-0.25, -0.2) is 4.98 Å². The Morgan fingerprint density at radius 3 is 2.71 bits per heavy atom. The van der Waals surface area contributed by atoms with Gasteiger partial charge in [-0.3, -0.25) is 5.10 Å². The van der Waals surface area contributed by atoms with E-state index in [0.717, 1.165) is 27.8 Å². The van der Waals surface area contributed by atoms with Gasteiger partial charge in [0.15, 0.2) is 0 Å². The van der Waals surface area contributed by atoms with Crippen molar-refractivity contribution in [2.45, 2.75) is 20.0 Å². The smallest absolute Gasteiger partial charge is 0.213 e. The highest BCUT2D eigenvalue weighted by atomic mass is 16.5. The third-order valence-corrected chi connectivity index (χ3v) is 3.22. The monoisotopic (exact) mass is 282 g/mol. The molecule has 0 amide bonds. The summed E-state index contributed by atoms with van der Waals surface area (Å²) >= 11 is 0. The van der Waals surface area contributed by atoms with Crippen molar-refractivity contribution in [2.24, 2.45) is 0 Å². The Hall–Kier alpha value is -2.56. The zero-order valence-corrected chi connectivity index (χ0v) is 12.3. The van der Waals surface area contributed by atoms with Gasteiger partial charge in [0.05, 0.1) is 11.6 Å². The summed E-state index contributed by atoms with van der Waals surface area (Å²) in [6.45, 7) is 3.96. The number of rotatable bonds is 4. The van der Waals surface area contributed by atoms with Crippen LogP contribution in [0.3, 0.4) is 0 Å². The van der Waals surface area contributed by atoms with Crippen LogP contribution in [-0.2, 0) is 0 Å². The minimum absolute atomic E-state index is 0.118. The van der Waals surface area contributed by atoms with Crippen molar-refractivity contribution in [3.8, 4) is 17.1 Å². The van der Waals surface area contributed by atoms with Crippen LogP contribution in [0.5, 0.6) is 5.88 Å². The largest absolute Gasteiger partial charge is 0.475 e. The number of hydrogen-bond donors (Lipinski definition) is 2. The lowest BCUT2D eigenvalue weighted by molar-refractivity contribution is 0.232. The molecule has 3 aromatic rings. The predicted molar refractivity (Wildman–Crippen MR) is 84.6 cm³/mol. The number of benzene rings is 1. The third kappa shape index (κ3) is 2.67. The minimum Gasteiger partial charge on any atom is -0.475 e. The summed E-state index contributed by atoms with van der Waals surface area (Å²) in [6, 6.07) is 9.96. The standard InChI is InChI=1S/C16H18N4O/c1-10(2)21-15-7-4-11(9-18-15)16-13-8-12(17-3)5-6-14(13)19-20-16/h4-10,17H,1-3H3,(H,19,20). The van der Waals surface area contributed by atoms with Crippen LogP contribution in [-0.4, -0.2) is 28.3 Å². The SMILES string of the molecule is CNc1ccc2[nH]nc(-c3ccc(OC(C)C)nc3)c2c1. The van der Waals surface area contributed by atoms with Gasteiger partial charge in [0, 0.05) is 35.9 Å². The van der Waals surface area contributed by atoms with E-state index in [1.807, 2.05) is 45.2 Å². The fourth-order valence-corrected chi connectivity index (χ4v) is 2.22. The Balaban J connectivity index is 1.99. The zero-order valence-electron chi connectivity index (χ0n) is 12.3. The summed E-state index contributed by atoms with van der Waals surface area (Å²) in [5.74, 6) is 0.629. The molecule has 5 heteroatoms. The van der Waals surface area contributed by atoms with Gasteiger partial charge in [0.25, 0.3) is 0 Å². The maximum absolute atomic E-state index is 5.56. The second-order valence-electron chi connectivity index (χ2n) is 5.13. The Kier molecular flexibility index (Phi) is 3.48. The second kappa shape index (κ2) is 5.44. The van der Waals surface area contributed by atoms with E-state index in [9.17, 15) is 0 Å². The first kappa shape index (κ1) is 13.4. The van der Waals surface area contributed by atoms with Crippen molar-refractivity contribution in [2.75, 3.05) is 12.4 Å². The number of nitrogens with one attached hydrogen (secondary N) is 2. The highest BCUT2D eigenvalue weighted by molar-refractivity contribution is 5.94.